The third-order valence-corrected chi connectivity index (χ3v) is 6.97. The Hall–Kier alpha value is -2.90. The molecule has 0 bridgehead atoms. The molecule has 0 unspecified atom stereocenters. The van der Waals surface area contributed by atoms with E-state index >= 15 is 0 Å². The van der Waals surface area contributed by atoms with Crippen molar-refractivity contribution in [1.29, 1.82) is 0 Å². The number of carbonyl (C=O) groups is 4. The normalized spacial score (nSPS) is 28.2. The molecule has 1 saturated carbocycles. The van der Waals surface area contributed by atoms with Crippen molar-refractivity contribution < 1.29 is 23.9 Å². The smallest absolute Gasteiger partial charge is 0.311 e. The Morgan fingerprint density at radius 1 is 1.16 bits per heavy atom. The summed E-state index contributed by atoms with van der Waals surface area (Å²) in [5, 5.41) is 2.72. The van der Waals surface area contributed by atoms with Crippen LogP contribution in [-0.4, -0.2) is 54.3 Å². The minimum Gasteiger partial charge on any atom is -0.455 e. The van der Waals surface area contributed by atoms with Crippen molar-refractivity contribution in [2.24, 2.45) is 17.8 Å². The molecule has 8 nitrogen and oxygen atoms in total. The van der Waals surface area contributed by atoms with Gasteiger partial charge >= 0.3 is 5.97 Å². The van der Waals surface area contributed by atoms with Crippen LogP contribution in [0.25, 0.3) is 0 Å². The highest BCUT2D eigenvalue weighted by molar-refractivity contribution is 6.10. The maximum atomic E-state index is 12.7. The van der Waals surface area contributed by atoms with Gasteiger partial charge in [-0.15, -0.1) is 0 Å². The Bertz CT molecular complexity index is 901. The van der Waals surface area contributed by atoms with Crippen LogP contribution in [0.4, 0.5) is 11.4 Å². The van der Waals surface area contributed by atoms with Gasteiger partial charge in [0, 0.05) is 19.0 Å². The maximum absolute atomic E-state index is 12.7. The SMILES string of the molecule is C[C@@H]1[C@H](C)CCC[C@@H]1N1C[C@H](C(=O)OCC(=O)N2CC(=O)Nc3ccccc32)CC1=O. The van der Waals surface area contributed by atoms with Crippen molar-refractivity contribution >= 4 is 35.1 Å². The monoisotopic (exact) mass is 427 g/mol. The average Bonchev–Trinajstić information content (AvgIpc) is 3.14. The molecule has 2 heterocycles. The number of nitrogens with zero attached hydrogens (tertiary/aromatic N) is 2. The molecule has 2 aliphatic heterocycles. The van der Waals surface area contributed by atoms with Gasteiger partial charge < -0.3 is 15.0 Å². The number of para-hydroxylation sites is 2. The van der Waals surface area contributed by atoms with E-state index in [0.717, 1.165) is 12.8 Å². The van der Waals surface area contributed by atoms with Crippen LogP contribution in [0.15, 0.2) is 24.3 Å². The van der Waals surface area contributed by atoms with Gasteiger partial charge in [-0.25, -0.2) is 0 Å². The molecule has 0 aromatic heterocycles. The van der Waals surface area contributed by atoms with E-state index in [9.17, 15) is 19.2 Å². The highest BCUT2D eigenvalue weighted by atomic mass is 16.5. The van der Waals surface area contributed by atoms with Crippen LogP contribution < -0.4 is 10.2 Å². The van der Waals surface area contributed by atoms with E-state index in [2.05, 4.69) is 19.2 Å². The fourth-order valence-electron chi connectivity index (χ4n) is 4.99. The second-order valence-corrected chi connectivity index (χ2v) is 8.93. The number of rotatable bonds is 4. The molecule has 1 aromatic carbocycles. The zero-order chi connectivity index (χ0) is 22.1. The number of fused-ring (bicyclic) bond motifs is 1. The predicted molar refractivity (Wildman–Crippen MR) is 114 cm³/mol. The van der Waals surface area contributed by atoms with E-state index < -0.39 is 24.4 Å². The molecule has 166 valence electrons. The molecule has 2 fully saturated rings. The molecular weight excluding hydrogens is 398 g/mol. The lowest BCUT2D eigenvalue weighted by Crippen LogP contribution is -2.45. The summed E-state index contributed by atoms with van der Waals surface area (Å²) in [5.74, 6) is -0.907. The lowest BCUT2D eigenvalue weighted by atomic mass is 9.77. The topological polar surface area (TPSA) is 96.0 Å². The molecule has 31 heavy (non-hydrogen) atoms. The summed E-state index contributed by atoms with van der Waals surface area (Å²) in [6.45, 7) is 4.16. The largest absolute Gasteiger partial charge is 0.455 e. The molecular formula is C23H29N3O5. The quantitative estimate of drug-likeness (QED) is 0.743. The number of ether oxygens (including phenoxy) is 1. The predicted octanol–water partition coefficient (Wildman–Crippen LogP) is 2.19. The average molecular weight is 428 g/mol. The van der Waals surface area contributed by atoms with Crippen LogP contribution in [0.5, 0.6) is 0 Å². The highest BCUT2D eigenvalue weighted by Crippen LogP contribution is 2.36. The minimum atomic E-state index is -0.554. The Labute approximate surface area is 181 Å². The molecule has 1 saturated heterocycles. The molecule has 0 radical (unpaired) electrons. The number of carbonyl (C=O) groups excluding carboxylic acids is 4. The first-order valence-electron chi connectivity index (χ1n) is 11.0. The van der Waals surface area contributed by atoms with Crippen molar-refractivity contribution in [3.8, 4) is 0 Å². The van der Waals surface area contributed by atoms with Gasteiger partial charge in [0.1, 0.15) is 6.54 Å². The van der Waals surface area contributed by atoms with Gasteiger partial charge in [-0.05, 0) is 30.4 Å². The number of likely N-dealkylation sites (tertiary alicyclic amines) is 1. The maximum Gasteiger partial charge on any atom is 0.311 e. The molecule has 0 spiro atoms. The number of amides is 3. The zero-order valence-electron chi connectivity index (χ0n) is 18.0. The second kappa shape index (κ2) is 8.69. The summed E-state index contributed by atoms with van der Waals surface area (Å²) in [7, 11) is 0. The standard InChI is InChI=1S/C23H29N3O5/c1-14-6-5-9-18(15(14)2)25-11-16(10-21(25)28)23(30)31-13-22(29)26-12-20(27)24-17-7-3-4-8-19(17)26/h3-4,7-8,14-16,18H,5-6,9-13H2,1-2H3,(H,24,27)/t14-,15-,16-,18+/m1/s1. The molecule has 1 N–H and O–H groups in total. The first-order chi connectivity index (χ1) is 14.8. The number of anilines is 2. The van der Waals surface area contributed by atoms with Crippen molar-refractivity contribution in [2.45, 2.75) is 45.6 Å². The Morgan fingerprint density at radius 2 is 1.94 bits per heavy atom. The first-order valence-corrected chi connectivity index (χ1v) is 11.0. The fraction of sp³-hybridized carbons (Fsp3) is 0.565. The fourth-order valence-corrected chi connectivity index (χ4v) is 4.99. The molecule has 1 aliphatic carbocycles. The summed E-state index contributed by atoms with van der Waals surface area (Å²) in [5.41, 5.74) is 1.12. The first kappa shape index (κ1) is 21.3. The summed E-state index contributed by atoms with van der Waals surface area (Å²) in [4.78, 5) is 53.0. The van der Waals surface area contributed by atoms with E-state index in [4.69, 9.17) is 4.74 Å². The lowest BCUT2D eigenvalue weighted by molar-refractivity contribution is -0.151. The Kier molecular flexibility index (Phi) is 5.98. The second-order valence-electron chi connectivity index (χ2n) is 8.93. The number of benzene rings is 1. The molecule has 3 aliphatic rings. The van der Waals surface area contributed by atoms with Crippen LogP contribution in [0.3, 0.4) is 0 Å². The minimum absolute atomic E-state index is 0.0131. The third kappa shape index (κ3) is 4.29. The zero-order valence-corrected chi connectivity index (χ0v) is 18.0. The van der Waals surface area contributed by atoms with E-state index in [1.54, 1.807) is 24.3 Å². The number of nitrogens with one attached hydrogen (secondary N) is 1. The van der Waals surface area contributed by atoms with Crippen LogP contribution >= 0.6 is 0 Å². The van der Waals surface area contributed by atoms with Crippen molar-refractivity contribution in [2.75, 3.05) is 29.9 Å². The van der Waals surface area contributed by atoms with E-state index in [0.29, 0.717) is 29.8 Å². The van der Waals surface area contributed by atoms with E-state index in [1.165, 1.54) is 11.3 Å². The van der Waals surface area contributed by atoms with Gasteiger partial charge in [0.2, 0.25) is 11.8 Å². The summed E-state index contributed by atoms with van der Waals surface area (Å²) in [6, 6.07) is 7.15. The van der Waals surface area contributed by atoms with Gasteiger partial charge in [-0.2, -0.15) is 0 Å². The summed E-state index contributed by atoms with van der Waals surface area (Å²) < 4.78 is 5.28. The van der Waals surface area contributed by atoms with Crippen LogP contribution in [0.1, 0.15) is 39.5 Å². The van der Waals surface area contributed by atoms with Crippen molar-refractivity contribution in [1.82, 2.24) is 4.90 Å². The number of esters is 1. The molecule has 3 amide bonds. The third-order valence-electron chi connectivity index (χ3n) is 6.97. The van der Waals surface area contributed by atoms with E-state index in [-0.39, 0.29) is 30.8 Å². The summed E-state index contributed by atoms with van der Waals surface area (Å²) >= 11 is 0. The van der Waals surface area contributed by atoms with Crippen LogP contribution in [0.2, 0.25) is 0 Å². The molecule has 8 heteroatoms. The Morgan fingerprint density at radius 3 is 2.74 bits per heavy atom. The molecule has 4 rings (SSSR count). The Balaban J connectivity index is 1.35. The van der Waals surface area contributed by atoms with Crippen LogP contribution in [0, 0.1) is 17.8 Å². The highest BCUT2D eigenvalue weighted by Gasteiger charge is 2.42. The van der Waals surface area contributed by atoms with Gasteiger partial charge in [-0.1, -0.05) is 38.8 Å². The van der Waals surface area contributed by atoms with Gasteiger partial charge in [0.25, 0.3) is 5.91 Å². The van der Waals surface area contributed by atoms with Gasteiger partial charge in [0.05, 0.1) is 17.3 Å². The number of hydrogen-bond donors (Lipinski definition) is 1. The molecule has 1 aromatic rings. The molecule has 4 atom stereocenters. The van der Waals surface area contributed by atoms with Crippen LogP contribution in [-0.2, 0) is 23.9 Å². The summed E-state index contributed by atoms with van der Waals surface area (Å²) in [6.07, 6.45) is 3.35. The van der Waals surface area contributed by atoms with Crippen molar-refractivity contribution in [3.63, 3.8) is 0 Å². The van der Waals surface area contributed by atoms with E-state index in [1.807, 2.05) is 4.90 Å². The van der Waals surface area contributed by atoms with Gasteiger partial charge in [0.15, 0.2) is 6.61 Å². The number of hydrogen-bond acceptors (Lipinski definition) is 5. The van der Waals surface area contributed by atoms with Gasteiger partial charge in [-0.3, -0.25) is 24.1 Å². The van der Waals surface area contributed by atoms with Crippen molar-refractivity contribution in [3.05, 3.63) is 24.3 Å². The lowest BCUT2D eigenvalue weighted by Gasteiger charge is -2.39.